The van der Waals surface area contributed by atoms with Crippen molar-refractivity contribution in [2.24, 2.45) is 5.73 Å². The Bertz CT molecular complexity index is 511. The van der Waals surface area contributed by atoms with Crippen LogP contribution in [0.15, 0.2) is 24.3 Å². The number of hydrogen-bond acceptors (Lipinski definition) is 3. The number of nitrogens with two attached hydrogens (primary N) is 1. The van der Waals surface area contributed by atoms with Gasteiger partial charge in [0.2, 0.25) is 0 Å². The van der Waals surface area contributed by atoms with Crippen LogP contribution in [-0.2, 0) is 6.42 Å². The van der Waals surface area contributed by atoms with E-state index < -0.39 is 5.97 Å². The molecule has 6 heteroatoms. The number of nitrogens with one attached hydrogen (secondary N) is 1. The van der Waals surface area contributed by atoms with Crippen LogP contribution in [0.25, 0.3) is 0 Å². The Hall–Kier alpha value is -2.08. The van der Waals surface area contributed by atoms with E-state index in [9.17, 15) is 9.59 Å². The van der Waals surface area contributed by atoms with E-state index >= 15 is 0 Å². The zero-order valence-electron chi connectivity index (χ0n) is 11.9. The van der Waals surface area contributed by atoms with Crippen molar-refractivity contribution >= 4 is 12.0 Å². The molecule has 114 valence electrons. The number of benzene rings is 1. The van der Waals surface area contributed by atoms with Crippen molar-refractivity contribution in [2.45, 2.75) is 25.3 Å². The third-order valence-corrected chi connectivity index (χ3v) is 3.75. The summed E-state index contributed by atoms with van der Waals surface area (Å²) in [5.41, 5.74) is 6.82. The lowest BCUT2D eigenvalue weighted by molar-refractivity contribution is 0.0695. The maximum absolute atomic E-state index is 12.0. The molecule has 1 saturated heterocycles. The molecule has 4 N–H and O–H groups in total. The average Bonchev–Trinajstić information content (AvgIpc) is 2.48. The lowest BCUT2D eigenvalue weighted by Gasteiger charge is -2.30. The molecule has 0 radical (unpaired) electrons. The first-order valence-electron chi connectivity index (χ1n) is 7.17. The molecule has 21 heavy (non-hydrogen) atoms. The molecule has 2 rings (SSSR count). The summed E-state index contributed by atoms with van der Waals surface area (Å²) in [6.07, 6.45) is 2.16. The standard InChI is InChI=1S/C15H21N3O3/c16-12-6-9-18(10-7-12)15(21)17-8-5-11-3-1-2-4-13(11)14(19)20/h1-4,12H,5-10,16H2,(H,17,21)(H,19,20). The van der Waals surface area contributed by atoms with Gasteiger partial charge in [-0.3, -0.25) is 0 Å². The number of hydrogen-bond donors (Lipinski definition) is 3. The maximum Gasteiger partial charge on any atom is 0.335 e. The Kier molecular flexibility index (Phi) is 5.16. The molecule has 0 unspecified atom stereocenters. The van der Waals surface area contributed by atoms with Crippen molar-refractivity contribution in [1.29, 1.82) is 0 Å². The number of likely N-dealkylation sites (tertiary alicyclic amines) is 1. The van der Waals surface area contributed by atoms with Gasteiger partial charge < -0.3 is 21.1 Å². The van der Waals surface area contributed by atoms with Gasteiger partial charge in [-0.05, 0) is 30.9 Å². The molecule has 2 amide bonds. The molecule has 1 aliphatic heterocycles. The number of nitrogens with zero attached hydrogens (tertiary/aromatic N) is 1. The summed E-state index contributed by atoms with van der Waals surface area (Å²) in [6.45, 7) is 1.78. The molecule has 6 nitrogen and oxygen atoms in total. The number of rotatable bonds is 4. The van der Waals surface area contributed by atoms with E-state index in [4.69, 9.17) is 10.8 Å². The highest BCUT2D eigenvalue weighted by atomic mass is 16.4. The molecule has 1 fully saturated rings. The molecule has 0 aliphatic carbocycles. The monoisotopic (exact) mass is 291 g/mol. The van der Waals surface area contributed by atoms with Gasteiger partial charge in [0, 0.05) is 25.7 Å². The summed E-state index contributed by atoms with van der Waals surface area (Å²) < 4.78 is 0. The van der Waals surface area contributed by atoms with Gasteiger partial charge in [0.1, 0.15) is 0 Å². The highest BCUT2D eigenvalue weighted by Gasteiger charge is 2.20. The van der Waals surface area contributed by atoms with Gasteiger partial charge >= 0.3 is 12.0 Å². The fourth-order valence-electron chi connectivity index (χ4n) is 2.47. The van der Waals surface area contributed by atoms with Crippen molar-refractivity contribution < 1.29 is 14.7 Å². The van der Waals surface area contributed by atoms with Gasteiger partial charge in [-0.15, -0.1) is 0 Å². The van der Waals surface area contributed by atoms with Gasteiger partial charge in [0.05, 0.1) is 5.56 Å². The van der Waals surface area contributed by atoms with E-state index in [0.29, 0.717) is 26.1 Å². The molecule has 1 heterocycles. The minimum atomic E-state index is -0.943. The number of amides is 2. The summed E-state index contributed by atoms with van der Waals surface area (Å²) in [5, 5.41) is 11.9. The van der Waals surface area contributed by atoms with Crippen molar-refractivity contribution in [1.82, 2.24) is 10.2 Å². The molecule has 0 atom stereocenters. The van der Waals surface area contributed by atoms with Gasteiger partial charge in [0.25, 0.3) is 0 Å². The van der Waals surface area contributed by atoms with E-state index in [-0.39, 0.29) is 17.6 Å². The van der Waals surface area contributed by atoms with Crippen molar-refractivity contribution in [3.05, 3.63) is 35.4 Å². The molecule has 0 spiro atoms. The smallest absolute Gasteiger partial charge is 0.335 e. The number of carbonyl (C=O) groups is 2. The third-order valence-electron chi connectivity index (χ3n) is 3.75. The number of aromatic carboxylic acids is 1. The summed E-state index contributed by atoms with van der Waals surface area (Å²) in [5.74, 6) is -0.943. The zero-order chi connectivity index (χ0) is 15.2. The molecular weight excluding hydrogens is 270 g/mol. The maximum atomic E-state index is 12.0. The second-order valence-corrected chi connectivity index (χ2v) is 5.27. The quantitative estimate of drug-likeness (QED) is 0.773. The lowest BCUT2D eigenvalue weighted by atomic mass is 10.0. The molecule has 1 aromatic rings. The predicted molar refractivity (Wildman–Crippen MR) is 79.3 cm³/mol. The molecule has 0 aromatic heterocycles. The molecule has 1 aliphatic rings. The summed E-state index contributed by atoms with van der Waals surface area (Å²) >= 11 is 0. The molecule has 0 bridgehead atoms. The first-order valence-corrected chi connectivity index (χ1v) is 7.17. The number of piperidine rings is 1. The summed E-state index contributed by atoms with van der Waals surface area (Å²) in [7, 11) is 0. The van der Waals surface area contributed by atoms with Crippen LogP contribution >= 0.6 is 0 Å². The van der Waals surface area contributed by atoms with Crippen molar-refractivity contribution in [3.63, 3.8) is 0 Å². The van der Waals surface area contributed by atoms with E-state index in [0.717, 1.165) is 18.4 Å². The fourth-order valence-corrected chi connectivity index (χ4v) is 2.47. The lowest BCUT2D eigenvalue weighted by Crippen LogP contribution is -2.47. The normalized spacial score (nSPS) is 15.8. The number of urea groups is 1. The van der Waals surface area contributed by atoms with Crippen LogP contribution in [0, 0.1) is 0 Å². The minimum Gasteiger partial charge on any atom is -0.478 e. The first-order chi connectivity index (χ1) is 10.1. The van der Waals surface area contributed by atoms with Gasteiger partial charge in [0.15, 0.2) is 0 Å². The van der Waals surface area contributed by atoms with E-state index in [1.54, 1.807) is 29.2 Å². The average molecular weight is 291 g/mol. The number of carboxylic acid groups (broad SMARTS) is 1. The van der Waals surface area contributed by atoms with Crippen LogP contribution in [0.3, 0.4) is 0 Å². The van der Waals surface area contributed by atoms with Crippen LogP contribution in [-0.4, -0.2) is 47.7 Å². The largest absolute Gasteiger partial charge is 0.478 e. The molecule has 0 saturated carbocycles. The SMILES string of the molecule is NC1CCN(C(=O)NCCc2ccccc2C(=O)O)CC1. The highest BCUT2D eigenvalue weighted by molar-refractivity contribution is 5.89. The molecule has 1 aromatic carbocycles. The Morgan fingerprint density at radius 3 is 2.62 bits per heavy atom. The topological polar surface area (TPSA) is 95.7 Å². The van der Waals surface area contributed by atoms with E-state index in [1.165, 1.54) is 0 Å². The van der Waals surface area contributed by atoms with E-state index in [1.807, 2.05) is 0 Å². The van der Waals surface area contributed by atoms with Crippen LogP contribution < -0.4 is 11.1 Å². The number of carboxylic acids is 1. The zero-order valence-corrected chi connectivity index (χ0v) is 11.9. The third kappa shape index (κ3) is 4.19. The summed E-state index contributed by atoms with van der Waals surface area (Å²) in [4.78, 5) is 24.8. The Labute approximate surface area is 123 Å². The predicted octanol–water partition coefficient (Wildman–Crippen LogP) is 1.06. The van der Waals surface area contributed by atoms with Crippen LogP contribution in [0.1, 0.15) is 28.8 Å². The van der Waals surface area contributed by atoms with Gasteiger partial charge in [-0.1, -0.05) is 18.2 Å². The fraction of sp³-hybridized carbons (Fsp3) is 0.467. The van der Waals surface area contributed by atoms with Crippen LogP contribution in [0.5, 0.6) is 0 Å². The Morgan fingerprint density at radius 2 is 1.95 bits per heavy atom. The summed E-state index contributed by atoms with van der Waals surface area (Å²) in [6, 6.07) is 6.94. The van der Waals surface area contributed by atoms with Gasteiger partial charge in [-0.25, -0.2) is 9.59 Å². The highest BCUT2D eigenvalue weighted by Crippen LogP contribution is 2.10. The Balaban J connectivity index is 1.82. The van der Waals surface area contributed by atoms with Crippen LogP contribution in [0.2, 0.25) is 0 Å². The van der Waals surface area contributed by atoms with Gasteiger partial charge in [-0.2, -0.15) is 0 Å². The second kappa shape index (κ2) is 7.08. The second-order valence-electron chi connectivity index (χ2n) is 5.27. The van der Waals surface area contributed by atoms with E-state index in [2.05, 4.69) is 5.32 Å². The molecular formula is C15H21N3O3. The van der Waals surface area contributed by atoms with Crippen molar-refractivity contribution in [3.8, 4) is 0 Å². The Morgan fingerprint density at radius 1 is 1.29 bits per heavy atom. The van der Waals surface area contributed by atoms with Crippen LogP contribution in [0.4, 0.5) is 4.79 Å². The van der Waals surface area contributed by atoms with Crippen molar-refractivity contribution in [2.75, 3.05) is 19.6 Å². The first kappa shape index (κ1) is 15.3. The minimum absolute atomic E-state index is 0.102. The number of carbonyl (C=O) groups excluding carboxylic acids is 1.